The van der Waals surface area contributed by atoms with Gasteiger partial charge in [0.25, 0.3) is 0 Å². The molecule has 12 nitrogen and oxygen atoms in total. The Morgan fingerprint density at radius 3 is 2.20 bits per heavy atom. The standard InChI is InChI=1S/C39H46N6O6/c1-27-34(25-44-19-21-45(22-20-44)38-40-17-6-18-41-38)50-37(51-35(27)31-13-11-30(26-46)12-14-31)32-15-9-29(10-16-32)24-42-39(48)43-33(36(47)49-2)23-28-7-4-3-5-8-28/h3-18,27,33-35,37,46H,19-26H2,1-2H3,(H2,42,43,48)/t27-,33-,34+,35+,37+/m0/s1. The second-order valence-electron chi connectivity index (χ2n) is 13.0. The van der Waals surface area contributed by atoms with E-state index in [9.17, 15) is 14.7 Å². The molecular formula is C39H46N6O6. The van der Waals surface area contributed by atoms with Crippen LogP contribution in [0.4, 0.5) is 10.7 Å². The maximum absolute atomic E-state index is 12.8. The lowest BCUT2D eigenvalue weighted by Gasteiger charge is -2.44. The number of carbonyl (C=O) groups is 2. The molecule has 3 N–H and O–H groups in total. The van der Waals surface area contributed by atoms with Gasteiger partial charge in [-0.05, 0) is 28.3 Å². The second kappa shape index (κ2) is 17.4. The summed E-state index contributed by atoms with van der Waals surface area (Å²) in [6.45, 7) is 6.58. The molecule has 2 aliphatic rings. The fourth-order valence-corrected chi connectivity index (χ4v) is 6.54. The highest BCUT2D eigenvalue weighted by Crippen LogP contribution is 2.42. The molecule has 268 valence electrons. The molecule has 2 amide bonds. The van der Waals surface area contributed by atoms with Crippen LogP contribution in [0.2, 0.25) is 0 Å². The zero-order valence-electron chi connectivity index (χ0n) is 29.1. The predicted molar refractivity (Wildman–Crippen MR) is 191 cm³/mol. The zero-order valence-corrected chi connectivity index (χ0v) is 29.1. The molecule has 51 heavy (non-hydrogen) atoms. The molecule has 2 saturated heterocycles. The summed E-state index contributed by atoms with van der Waals surface area (Å²) in [5.74, 6) is 0.312. The first-order chi connectivity index (χ1) is 24.9. The van der Waals surface area contributed by atoms with Gasteiger partial charge in [-0.3, -0.25) is 4.90 Å². The number of nitrogens with one attached hydrogen (secondary N) is 2. The summed E-state index contributed by atoms with van der Waals surface area (Å²) in [6, 6.07) is 25.7. The van der Waals surface area contributed by atoms with E-state index in [2.05, 4.69) is 37.3 Å². The minimum atomic E-state index is -0.815. The van der Waals surface area contributed by atoms with Crippen LogP contribution in [0.25, 0.3) is 0 Å². The van der Waals surface area contributed by atoms with Crippen molar-refractivity contribution in [3.05, 3.63) is 125 Å². The van der Waals surface area contributed by atoms with Crippen molar-refractivity contribution < 1.29 is 28.9 Å². The van der Waals surface area contributed by atoms with E-state index in [1.165, 1.54) is 7.11 Å². The third-order valence-corrected chi connectivity index (χ3v) is 9.55. The van der Waals surface area contributed by atoms with Crippen LogP contribution < -0.4 is 15.5 Å². The third-order valence-electron chi connectivity index (χ3n) is 9.55. The van der Waals surface area contributed by atoms with Gasteiger partial charge in [0.15, 0.2) is 6.29 Å². The van der Waals surface area contributed by atoms with E-state index >= 15 is 0 Å². The van der Waals surface area contributed by atoms with Gasteiger partial charge in [-0.15, -0.1) is 0 Å². The molecule has 3 aromatic carbocycles. The first-order valence-electron chi connectivity index (χ1n) is 17.4. The van der Waals surface area contributed by atoms with E-state index in [1.807, 2.05) is 84.9 Å². The van der Waals surface area contributed by atoms with Crippen LogP contribution in [-0.4, -0.2) is 84.0 Å². The Hall–Kier alpha value is -4.88. The highest BCUT2D eigenvalue weighted by Gasteiger charge is 2.39. The molecule has 3 heterocycles. The van der Waals surface area contributed by atoms with Gasteiger partial charge in [0.2, 0.25) is 5.95 Å². The van der Waals surface area contributed by atoms with Crippen molar-refractivity contribution in [3.8, 4) is 0 Å². The van der Waals surface area contributed by atoms with Crippen LogP contribution in [-0.2, 0) is 38.6 Å². The molecule has 0 spiro atoms. The zero-order chi connectivity index (χ0) is 35.6. The van der Waals surface area contributed by atoms with Crippen molar-refractivity contribution in [2.75, 3.05) is 44.7 Å². The van der Waals surface area contributed by atoms with Gasteiger partial charge in [-0.2, -0.15) is 0 Å². The Kier molecular flexibility index (Phi) is 12.2. The number of anilines is 1. The maximum Gasteiger partial charge on any atom is 0.328 e. The largest absolute Gasteiger partial charge is 0.467 e. The minimum absolute atomic E-state index is 0.0157. The summed E-state index contributed by atoms with van der Waals surface area (Å²) in [5.41, 5.74) is 4.55. The van der Waals surface area contributed by atoms with Crippen molar-refractivity contribution >= 4 is 17.9 Å². The van der Waals surface area contributed by atoms with Crippen LogP contribution in [0.5, 0.6) is 0 Å². The number of aromatic nitrogens is 2. The summed E-state index contributed by atoms with van der Waals surface area (Å²) in [4.78, 5) is 38.6. The van der Waals surface area contributed by atoms with Crippen LogP contribution in [0.15, 0.2) is 97.3 Å². The number of ether oxygens (including phenoxy) is 3. The number of aliphatic hydroxyl groups excluding tert-OH is 1. The third kappa shape index (κ3) is 9.47. The normalized spacial score (nSPS) is 21.4. The Balaban J connectivity index is 1.09. The quantitative estimate of drug-likeness (QED) is 0.185. The molecule has 0 aliphatic carbocycles. The van der Waals surface area contributed by atoms with Crippen molar-refractivity contribution in [1.29, 1.82) is 0 Å². The average molecular weight is 695 g/mol. The highest BCUT2D eigenvalue weighted by molar-refractivity contribution is 5.83. The molecule has 2 fully saturated rings. The number of amides is 2. The average Bonchev–Trinajstić information content (AvgIpc) is 3.18. The van der Waals surface area contributed by atoms with Crippen LogP contribution in [0.3, 0.4) is 0 Å². The molecule has 0 radical (unpaired) electrons. The first kappa shape index (κ1) is 35.9. The van der Waals surface area contributed by atoms with Crippen molar-refractivity contribution in [2.24, 2.45) is 5.92 Å². The molecule has 12 heteroatoms. The van der Waals surface area contributed by atoms with E-state index in [0.717, 1.165) is 66.5 Å². The molecule has 0 bridgehead atoms. The lowest BCUT2D eigenvalue weighted by atomic mass is 9.90. The molecular weight excluding hydrogens is 648 g/mol. The highest BCUT2D eigenvalue weighted by atomic mass is 16.7. The van der Waals surface area contributed by atoms with E-state index in [0.29, 0.717) is 6.42 Å². The molecule has 1 aromatic heterocycles. The van der Waals surface area contributed by atoms with E-state index in [-0.39, 0.29) is 31.3 Å². The van der Waals surface area contributed by atoms with Gasteiger partial charge in [0.1, 0.15) is 6.04 Å². The number of esters is 1. The van der Waals surface area contributed by atoms with Gasteiger partial charge in [0, 0.05) is 69.6 Å². The molecule has 0 unspecified atom stereocenters. The molecule has 0 saturated carbocycles. The van der Waals surface area contributed by atoms with Crippen molar-refractivity contribution in [3.63, 3.8) is 0 Å². The summed E-state index contributed by atoms with van der Waals surface area (Å²) in [6.07, 6.45) is 2.95. The van der Waals surface area contributed by atoms with Crippen LogP contribution in [0, 0.1) is 5.92 Å². The molecule has 2 aliphatic heterocycles. The fourth-order valence-electron chi connectivity index (χ4n) is 6.54. The second-order valence-corrected chi connectivity index (χ2v) is 13.0. The van der Waals surface area contributed by atoms with Gasteiger partial charge in [0.05, 0.1) is 25.9 Å². The first-order valence-corrected chi connectivity index (χ1v) is 17.4. The van der Waals surface area contributed by atoms with E-state index < -0.39 is 24.3 Å². The number of urea groups is 1. The Labute approximate surface area is 298 Å². The number of aliphatic hydroxyl groups is 1. The number of nitrogens with zero attached hydrogens (tertiary/aromatic N) is 4. The topological polar surface area (TPSA) is 138 Å². The van der Waals surface area contributed by atoms with Gasteiger partial charge < -0.3 is 34.9 Å². The van der Waals surface area contributed by atoms with Crippen molar-refractivity contribution in [2.45, 2.75) is 51.0 Å². The van der Waals surface area contributed by atoms with Gasteiger partial charge in [-0.25, -0.2) is 19.6 Å². The monoisotopic (exact) mass is 694 g/mol. The van der Waals surface area contributed by atoms with E-state index in [1.54, 1.807) is 12.4 Å². The number of hydrogen-bond donors (Lipinski definition) is 3. The Bertz CT molecular complexity index is 1690. The smallest absolute Gasteiger partial charge is 0.328 e. The fraction of sp³-hybridized carbons (Fsp3) is 0.385. The lowest BCUT2D eigenvalue weighted by Crippen LogP contribution is -2.51. The molecule has 5 atom stereocenters. The molecule has 6 rings (SSSR count). The SMILES string of the molecule is COC(=O)[C@H](Cc1ccccc1)NC(=O)NCc1ccc([C@@H]2O[C@H](CN3CCN(c4ncccn4)CC3)[C@H](C)[C@H](c3ccc(CO)cc3)O2)cc1. The summed E-state index contributed by atoms with van der Waals surface area (Å²) >= 11 is 0. The van der Waals surface area contributed by atoms with Crippen molar-refractivity contribution in [1.82, 2.24) is 25.5 Å². The predicted octanol–water partition coefficient (Wildman–Crippen LogP) is 4.17. The number of hydrogen-bond acceptors (Lipinski definition) is 10. The molecule has 4 aromatic rings. The summed E-state index contributed by atoms with van der Waals surface area (Å²) < 4.78 is 18.3. The maximum atomic E-state index is 12.8. The van der Waals surface area contributed by atoms with Gasteiger partial charge >= 0.3 is 12.0 Å². The van der Waals surface area contributed by atoms with E-state index in [4.69, 9.17) is 14.2 Å². The summed E-state index contributed by atoms with van der Waals surface area (Å²) in [5, 5.41) is 15.2. The Morgan fingerprint density at radius 2 is 1.53 bits per heavy atom. The Morgan fingerprint density at radius 1 is 0.863 bits per heavy atom. The van der Waals surface area contributed by atoms with Crippen LogP contribution >= 0.6 is 0 Å². The summed E-state index contributed by atoms with van der Waals surface area (Å²) in [7, 11) is 1.31. The number of carbonyl (C=O) groups excluding carboxylic acids is 2. The number of methoxy groups -OCH3 is 1. The van der Waals surface area contributed by atoms with Crippen LogP contribution in [0.1, 0.15) is 47.1 Å². The number of benzene rings is 3. The minimum Gasteiger partial charge on any atom is -0.467 e. The van der Waals surface area contributed by atoms with Gasteiger partial charge in [-0.1, -0.05) is 85.8 Å². The lowest BCUT2D eigenvalue weighted by molar-refractivity contribution is -0.276. The number of rotatable bonds is 12. The number of piperazine rings is 1.